The van der Waals surface area contributed by atoms with Crippen LogP contribution in [0.1, 0.15) is 38.2 Å². The Morgan fingerprint density at radius 1 is 1.30 bits per heavy atom. The van der Waals surface area contributed by atoms with E-state index in [1.54, 1.807) is 0 Å². The first-order chi connectivity index (χ1) is 9.85. The predicted octanol–water partition coefficient (Wildman–Crippen LogP) is 1.58. The van der Waals surface area contributed by atoms with Crippen LogP contribution in [-0.2, 0) is 6.42 Å². The number of hydrazine groups is 1. The molecule has 112 valence electrons. The van der Waals surface area contributed by atoms with E-state index in [0.717, 1.165) is 24.9 Å². The number of nitrogens with zero attached hydrogens (tertiary/aromatic N) is 3. The number of nitrogens with two attached hydrogens (primary N) is 1. The molecular weight excluding hydrogens is 254 g/mol. The Bertz CT molecular complexity index is 407. The molecule has 2 rings (SSSR count). The van der Waals surface area contributed by atoms with Crippen molar-refractivity contribution in [1.29, 1.82) is 0 Å². The van der Waals surface area contributed by atoms with Gasteiger partial charge in [-0.3, -0.25) is 4.90 Å². The van der Waals surface area contributed by atoms with Gasteiger partial charge in [0.1, 0.15) is 18.8 Å². The topological polar surface area (TPSA) is 76.3 Å². The van der Waals surface area contributed by atoms with E-state index in [0.29, 0.717) is 18.3 Å². The molecule has 6 heteroatoms. The summed E-state index contributed by atoms with van der Waals surface area (Å²) >= 11 is 0. The average molecular weight is 279 g/mol. The van der Waals surface area contributed by atoms with E-state index in [1.165, 1.54) is 38.7 Å². The minimum atomic E-state index is 0.659. The van der Waals surface area contributed by atoms with Crippen LogP contribution in [0.5, 0.6) is 5.88 Å². The Hall–Kier alpha value is -1.40. The Balaban J connectivity index is 1.90. The molecule has 20 heavy (non-hydrogen) atoms. The monoisotopic (exact) mass is 279 g/mol. The highest BCUT2D eigenvalue weighted by Gasteiger charge is 2.13. The number of aromatic nitrogens is 2. The molecule has 1 saturated heterocycles. The van der Waals surface area contributed by atoms with Crippen LogP contribution in [0.15, 0.2) is 6.33 Å². The van der Waals surface area contributed by atoms with E-state index >= 15 is 0 Å². The van der Waals surface area contributed by atoms with Gasteiger partial charge in [0.25, 0.3) is 0 Å². The number of likely N-dealkylation sites (tertiary alicyclic amines) is 1. The van der Waals surface area contributed by atoms with Gasteiger partial charge in [0.05, 0.1) is 5.56 Å². The minimum Gasteiger partial charge on any atom is -0.476 e. The third kappa shape index (κ3) is 4.05. The molecule has 6 nitrogen and oxygen atoms in total. The van der Waals surface area contributed by atoms with Crippen LogP contribution in [0.3, 0.4) is 0 Å². The third-order valence-electron chi connectivity index (χ3n) is 3.64. The lowest BCUT2D eigenvalue weighted by Crippen LogP contribution is -2.33. The van der Waals surface area contributed by atoms with Gasteiger partial charge in [0.15, 0.2) is 0 Å². The maximum atomic E-state index is 5.85. The SMILES string of the molecule is CCCc1c(NN)ncnc1OCCN1CCCCC1. The van der Waals surface area contributed by atoms with Crippen molar-refractivity contribution < 1.29 is 4.74 Å². The highest BCUT2D eigenvalue weighted by molar-refractivity contribution is 5.47. The molecule has 0 bridgehead atoms. The molecule has 2 heterocycles. The molecule has 3 N–H and O–H groups in total. The van der Waals surface area contributed by atoms with Crippen molar-refractivity contribution in [3.8, 4) is 5.88 Å². The first-order valence-corrected chi connectivity index (χ1v) is 7.50. The number of piperidine rings is 1. The summed E-state index contributed by atoms with van der Waals surface area (Å²) in [4.78, 5) is 10.8. The van der Waals surface area contributed by atoms with Gasteiger partial charge in [-0.15, -0.1) is 0 Å². The summed E-state index contributed by atoms with van der Waals surface area (Å²) < 4.78 is 5.85. The molecule has 0 spiro atoms. The largest absolute Gasteiger partial charge is 0.476 e. The van der Waals surface area contributed by atoms with Crippen LogP contribution in [-0.4, -0.2) is 41.1 Å². The number of ether oxygens (including phenoxy) is 1. The summed E-state index contributed by atoms with van der Waals surface area (Å²) in [6, 6.07) is 0. The van der Waals surface area contributed by atoms with Gasteiger partial charge >= 0.3 is 0 Å². The molecule has 1 fully saturated rings. The van der Waals surface area contributed by atoms with Gasteiger partial charge in [-0.2, -0.15) is 0 Å². The summed E-state index contributed by atoms with van der Waals surface area (Å²) in [6.07, 6.45) is 7.32. The van der Waals surface area contributed by atoms with Crippen molar-refractivity contribution in [2.45, 2.75) is 39.0 Å². The quantitative estimate of drug-likeness (QED) is 0.583. The van der Waals surface area contributed by atoms with Crippen molar-refractivity contribution in [2.24, 2.45) is 5.84 Å². The van der Waals surface area contributed by atoms with E-state index in [1.807, 2.05) is 0 Å². The Morgan fingerprint density at radius 2 is 2.10 bits per heavy atom. The zero-order chi connectivity index (χ0) is 14.2. The maximum Gasteiger partial charge on any atom is 0.221 e. The Morgan fingerprint density at radius 3 is 2.80 bits per heavy atom. The van der Waals surface area contributed by atoms with E-state index in [9.17, 15) is 0 Å². The van der Waals surface area contributed by atoms with Crippen LogP contribution < -0.4 is 16.0 Å². The van der Waals surface area contributed by atoms with Crippen molar-refractivity contribution in [2.75, 3.05) is 31.7 Å². The van der Waals surface area contributed by atoms with Gasteiger partial charge in [0, 0.05) is 6.54 Å². The second kappa shape index (κ2) is 8.01. The lowest BCUT2D eigenvalue weighted by Gasteiger charge is -2.26. The van der Waals surface area contributed by atoms with Crippen LogP contribution in [0, 0.1) is 0 Å². The van der Waals surface area contributed by atoms with Gasteiger partial charge < -0.3 is 10.2 Å². The zero-order valence-electron chi connectivity index (χ0n) is 12.3. The van der Waals surface area contributed by atoms with Crippen LogP contribution in [0.4, 0.5) is 5.82 Å². The molecule has 0 unspecified atom stereocenters. The lowest BCUT2D eigenvalue weighted by atomic mass is 10.1. The third-order valence-corrected chi connectivity index (χ3v) is 3.64. The van der Waals surface area contributed by atoms with Crippen molar-refractivity contribution in [3.05, 3.63) is 11.9 Å². The summed E-state index contributed by atoms with van der Waals surface area (Å²) in [6.45, 7) is 6.11. The van der Waals surface area contributed by atoms with Crippen molar-refractivity contribution in [3.63, 3.8) is 0 Å². The van der Waals surface area contributed by atoms with Crippen LogP contribution >= 0.6 is 0 Å². The predicted molar refractivity (Wildman–Crippen MR) is 79.6 cm³/mol. The molecule has 0 amide bonds. The first kappa shape index (κ1) is 15.0. The highest BCUT2D eigenvalue weighted by Crippen LogP contribution is 2.22. The molecule has 1 aliphatic rings. The number of hydrogen-bond acceptors (Lipinski definition) is 6. The standard InChI is InChI=1S/C14H25N5O/c1-2-6-12-13(18-15)16-11-17-14(12)20-10-9-19-7-4-3-5-8-19/h11H,2-10,15H2,1H3,(H,16,17,18). The van der Waals surface area contributed by atoms with Crippen LogP contribution in [0.2, 0.25) is 0 Å². The molecule has 1 aromatic rings. The number of rotatable bonds is 7. The molecule has 0 aromatic carbocycles. The minimum absolute atomic E-state index is 0.659. The number of anilines is 1. The molecule has 0 saturated carbocycles. The molecule has 1 aliphatic heterocycles. The van der Waals surface area contributed by atoms with E-state index in [4.69, 9.17) is 10.6 Å². The van der Waals surface area contributed by atoms with E-state index < -0.39 is 0 Å². The summed E-state index contributed by atoms with van der Waals surface area (Å²) in [5, 5.41) is 0. The second-order valence-corrected chi connectivity index (χ2v) is 5.15. The Kier molecular flexibility index (Phi) is 6.01. The normalized spacial score (nSPS) is 16.1. The van der Waals surface area contributed by atoms with Crippen molar-refractivity contribution >= 4 is 5.82 Å². The number of nitrogen functional groups attached to an aromatic ring is 1. The number of hydrogen-bond donors (Lipinski definition) is 2. The number of nitrogens with one attached hydrogen (secondary N) is 1. The molecule has 0 aliphatic carbocycles. The molecule has 0 atom stereocenters. The molecule has 1 aromatic heterocycles. The van der Waals surface area contributed by atoms with Gasteiger partial charge in [-0.05, 0) is 32.4 Å². The summed E-state index contributed by atoms with van der Waals surface area (Å²) in [5.74, 6) is 6.81. The van der Waals surface area contributed by atoms with E-state index in [2.05, 4.69) is 27.2 Å². The van der Waals surface area contributed by atoms with Gasteiger partial charge in [-0.25, -0.2) is 15.8 Å². The van der Waals surface area contributed by atoms with Crippen LogP contribution in [0.25, 0.3) is 0 Å². The average Bonchev–Trinajstić information content (AvgIpc) is 2.50. The lowest BCUT2D eigenvalue weighted by molar-refractivity contribution is 0.179. The highest BCUT2D eigenvalue weighted by atomic mass is 16.5. The fourth-order valence-electron chi connectivity index (χ4n) is 2.57. The molecular formula is C14H25N5O. The zero-order valence-corrected chi connectivity index (χ0v) is 12.3. The summed E-state index contributed by atoms with van der Waals surface area (Å²) in [7, 11) is 0. The maximum absolute atomic E-state index is 5.85. The second-order valence-electron chi connectivity index (χ2n) is 5.15. The van der Waals surface area contributed by atoms with E-state index in [-0.39, 0.29) is 0 Å². The summed E-state index contributed by atoms with van der Waals surface area (Å²) in [5.41, 5.74) is 3.59. The first-order valence-electron chi connectivity index (χ1n) is 7.50. The Labute approximate surface area is 120 Å². The smallest absolute Gasteiger partial charge is 0.221 e. The van der Waals surface area contributed by atoms with Gasteiger partial charge in [0.2, 0.25) is 5.88 Å². The van der Waals surface area contributed by atoms with Gasteiger partial charge in [-0.1, -0.05) is 19.8 Å². The van der Waals surface area contributed by atoms with Crippen molar-refractivity contribution in [1.82, 2.24) is 14.9 Å². The molecule has 0 radical (unpaired) electrons. The fourth-order valence-corrected chi connectivity index (χ4v) is 2.57. The fraction of sp³-hybridized carbons (Fsp3) is 0.714.